The standard InChI is InChI=1S/C22H20ClN3O3/c1-12-17(15-6-4-5-7-16(15)24-12)18(13-8-10-14(23)11-9-13)19-20(27)25(2)22(29)26(3)21(19)28/h4-11,18-19,24H,1-3H3. The summed E-state index contributed by atoms with van der Waals surface area (Å²) in [6.07, 6.45) is 0. The van der Waals surface area contributed by atoms with Crippen LogP contribution >= 0.6 is 11.6 Å². The van der Waals surface area contributed by atoms with Crippen molar-refractivity contribution >= 4 is 40.3 Å². The first-order chi connectivity index (χ1) is 13.8. The molecule has 0 saturated carbocycles. The Bertz CT molecular complexity index is 1110. The highest BCUT2D eigenvalue weighted by molar-refractivity contribution is 6.30. The smallest absolute Gasteiger partial charge is 0.332 e. The third kappa shape index (κ3) is 3.00. The van der Waals surface area contributed by atoms with E-state index in [0.717, 1.165) is 37.5 Å². The number of nitrogens with one attached hydrogen (secondary N) is 1. The molecule has 2 heterocycles. The Kier molecular flexibility index (Phi) is 4.67. The Morgan fingerprint density at radius 1 is 0.931 bits per heavy atom. The van der Waals surface area contributed by atoms with Crippen molar-refractivity contribution in [3.05, 3.63) is 70.4 Å². The van der Waals surface area contributed by atoms with Crippen molar-refractivity contribution < 1.29 is 14.4 Å². The maximum atomic E-state index is 13.1. The molecule has 4 amide bonds. The van der Waals surface area contributed by atoms with E-state index in [0.29, 0.717) is 5.02 Å². The van der Waals surface area contributed by atoms with Crippen molar-refractivity contribution in [3.8, 4) is 0 Å². The molecule has 1 atom stereocenters. The summed E-state index contributed by atoms with van der Waals surface area (Å²) >= 11 is 6.07. The van der Waals surface area contributed by atoms with Crippen molar-refractivity contribution in [1.29, 1.82) is 0 Å². The molecule has 4 rings (SSSR count). The third-order valence-corrected chi connectivity index (χ3v) is 5.84. The molecule has 0 spiro atoms. The number of rotatable bonds is 3. The minimum atomic E-state index is -1.05. The zero-order valence-electron chi connectivity index (χ0n) is 16.3. The maximum absolute atomic E-state index is 13.1. The second-order valence-electron chi connectivity index (χ2n) is 7.29. The lowest BCUT2D eigenvalue weighted by Crippen LogP contribution is -2.58. The summed E-state index contributed by atoms with van der Waals surface area (Å²) < 4.78 is 0. The van der Waals surface area contributed by atoms with Crippen LogP contribution in [0.5, 0.6) is 0 Å². The first kappa shape index (κ1) is 19.2. The lowest BCUT2D eigenvalue weighted by molar-refractivity contribution is -0.148. The van der Waals surface area contributed by atoms with E-state index in [1.807, 2.05) is 43.3 Å². The molecule has 1 aromatic heterocycles. The Morgan fingerprint density at radius 2 is 1.52 bits per heavy atom. The van der Waals surface area contributed by atoms with Crippen LogP contribution < -0.4 is 0 Å². The Balaban J connectivity index is 1.98. The molecule has 1 N–H and O–H groups in total. The topological polar surface area (TPSA) is 73.5 Å². The molecular formula is C22H20ClN3O3. The molecule has 0 bridgehead atoms. The van der Waals surface area contributed by atoms with Gasteiger partial charge in [-0.05, 0) is 36.2 Å². The van der Waals surface area contributed by atoms with E-state index >= 15 is 0 Å². The SMILES string of the molecule is Cc1[nH]c2ccccc2c1C(c1ccc(Cl)cc1)C1C(=O)N(C)C(=O)N(C)C1=O. The minimum absolute atomic E-state index is 0.511. The molecular weight excluding hydrogens is 390 g/mol. The van der Waals surface area contributed by atoms with Gasteiger partial charge in [0.25, 0.3) is 0 Å². The second kappa shape index (κ2) is 7.04. The second-order valence-corrected chi connectivity index (χ2v) is 7.73. The monoisotopic (exact) mass is 409 g/mol. The van der Waals surface area contributed by atoms with E-state index in [1.165, 1.54) is 14.1 Å². The fraction of sp³-hybridized carbons (Fsp3) is 0.227. The van der Waals surface area contributed by atoms with Crippen molar-refractivity contribution in [2.75, 3.05) is 14.1 Å². The first-order valence-electron chi connectivity index (χ1n) is 9.23. The van der Waals surface area contributed by atoms with E-state index < -0.39 is 29.7 Å². The van der Waals surface area contributed by atoms with E-state index in [4.69, 9.17) is 11.6 Å². The molecule has 1 fully saturated rings. The van der Waals surface area contributed by atoms with E-state index in [9.17, 15) is 14.4 Å². The quantitative estimate of drug-likeness (QED) is 0.666. The van der Waals surface area contributed by atoms with E-state index in [1.54, 1.807) is 12.1 Å². The fourth-order valence-electron chi connectivity index (χ4n) is 4.12. The number of hydrogen-bond donors (Lipinski definition) is 1. The van der Waals surface area contributed by atoms with Crippen molar-refractivity contribution in [3.63, 3.8) is 0 Å². The van der Waals surface area contributed by atoms with Gasteiger partial charge in [0.2, 0.25) is 11.8 Å². The number of amides is 4. The number of fused-ring (bicyclic) bond motifs is 1. The number of imide groups is 2. The fourth-order valence-corrected chi connectivity index (χ4v) is 4.24. The molecule has 29 heavy (non-hydrogen) atoms. The van der Waals surface area contributed by atoms with Crippen LogP contribution in [0, 0.1) is 12.8 Å². The largest absolute Gasteiger partial charge is 0.358 e. The molecule has 1 aliphatic heterocycles. The van der Waals surface area contributed by atoms with Gasteiger partial charge in [-0.25, -0.2) is 4.79 Å². The summed E-state index contributed by atoms with van der Waals surface area (Å²) in [6.45, 7) is 1.93. The van der Waals surface area contributed by atoms with Crippen LogP contribution in [0.4, 0.5) is 4.79 Å². The van der Waals surface area contributed by atoms with Crippen LogP contribution in [-0.2, 0) is 9.59 Å². The molecule has 1 aliphatic rings. The highest BCUT2D eigenvalue weighted by atomic mass is 35.5. The van der Waals surface area contributed by atoms with Crippen LogP contribution in [0.1, 0.15) is 22.7 Å². The zero-order valence-corrected chi connectivity index (χ0v) is 17.0. The Hall–Kier alpha value is -3.12. The van der Waals surface area contributed by atoms with Gasteiger partial charge in [-0.2, -0.15) is 0 Å². The predicted octanol–water partition coefficient (Wildman–Crippen LogP) is 3.93. The lowest BCUT2D eigenvalue weighted by atomic mass is 9.77. The van der Waals surface area contributed by atoms with Crippen molar-refractivity contribution in [1.82, 2.24) is 14.8 Å². The number of H-pyrrole nitrogens is 1. The van der Waals surface area contributed by atoms with Crippen LogP contribution in [0.3, 0.4) is 0 Å². The van der Waals surface area contributed by atoms with Gasteiger partial charge in [0.1, 0.15) is 5.92 Å². The Labute approximate surface area is 173 Å². The average Bonchev–Trinajstić information content (AvgIpc) is 3.04. The molecule has 6 nitrogen and oxygen atoms in total. The number of aromatic nitrogens is 1. The molecule has 7 heteroatoms. The normalized spacial score (nSPS) is 16.8. The number of benzene rings is 2. The van der Waals surface area contributed by atoms with Gasteiger partial charge in [0, 0.05) is 41.6 Å². The van der Waals surface area contributed by atoms with Gasteiger partial charge >= 0.3 is 6.03 Å². The number of aryl methyl sites for hydroxylation is 1. The molecule has 1 saturated heterocycles. The van der Waals surface area contributed by atoms with Crippen LogP contribution in [0.2, 0.25) is 5.02 Å². The zero-order chi connectivity index (χ0) is 20.9. The molecule has 0 aliphatic carbocycles. The number of aromatic amines is 1. The number of para-hydroxylation sites is 1. The van der Waals surface area contributed by atoms with Crippen molar-refractivity contribution in [2.24, 2.45) is 5.92 Å². The van der Waals surface area contributed by atoms with Crippen LogP contribution in [0.25, 0.3) is 10.9 Å². The minimum Gasteiger partial charge on any atom is -0.358 e. The van der Waals surface area contributed by atoms with E-state index in [-0.39, 0.29) is 0 Å². The van der Waals surface area contributed by atoms with Gasteiger partial charge in [0.05, 0.1) is 0 Å². The summed E-state index contributed by atoms with van der Waals surface area (Å²) in [5, 5.41) is 1.50. The number of hydrogen-bond acceptors (Lipinski definition) is 3. The van der Waals surface area contributed by atoms with Gasteiger partial charge in [-0.15, -0.1) is 0 Å². The molecule has 0 radical (unpaired) electrons. The number of halogens is 1. The van der Waals surface area contributed by atoms with Gasteiger partial charge in [-0.1, -0.05) is 41.9 Å². The van der Waals surface area contributed by atoms with Crippen LogP contribution in [-0.4, -0.2) is 46.7 Å². The molecule has 148 valence electrons. The van der Waals surface area contributed by atoms with Crippen LogP contribution in [0.15, 0.2) is 48.5 Å². The Morgan fingerprint density at radius 3 is 2.14 bits per heavy atom. The molecule has 1 unspecified atom stereocenters. The third-order valence-electron chi connectivity index (χ3n) is 5.58. The van der Waals surface area contributed by atoms with Crippen molar-refractivity contribution in [2.45, 2.75) is 12.8 Å². The highest BCUT2D eigenvalue weighted by Gasteiger charge is 2.48. The number of urea groups is 1. The average molecular weight is 410 g/mol. The predicted molar refractivity (Wildman–Crippen MR) is 111 cm³/mol. The first-order valence-corrected chi connectivity index (χ1v) is 9.60. The summed E-state index contributed by atoms with van der Waals surface area (Å²) in [5.74, 6) is -2.64. The number of barbiturate groups is 1. The van der Waals surface area contributed by atoms with Gasteiger partial charge < -0.3 is 4.98 Å². The highest BCUT2D eigenvalue weighted by Crippen LogP contribution is 2.41. The summed E-state index contributed by atoms with van der Waals surface area (Å²) in [6, 6.07) is 14.3. The summed E-state index contributed by atoms with van der Waals surface area (Å²) in [7, 11) is 2.81. The number of carbonyl (C=O) groups excluding carboxylic acids is 3. The van der Waals surface area contributed by atoms with Gasteiger partial charge in [0.15, 0.2) is 0 Å². The maximum Gasteiger partial charge on any atom is 0.332 e. The summed E-state index contributed by atoms with van der Waals surface area (Å²) in [5.41, 5.74) is 3.44. The summed E-state index contributed by atoms with van der Waals surface area (Å²) in [4.78, 5) is 43.9. The van der Waals surface area contributed by atoms with Gasteiger partial charge in [-0.3, -0.25) is 19.4 Å². The number of carbonyl (C=O) groups is 3. The number of nitrogens with zero attached hydrogens (tertiary/aromatic N) is 2. The molecule has 2 aromatic carbocycles. The lowest BCUT2D eigenvalue weighted by Gasteiger charge is -2.37. The molecule has 3 aromatic rings. The van der Waals surface area contributed by atoms with E-state index in [2.05, 4.69) is 4.98 Å².